The number of hydrogen-bond acceptors (Lipinski definition) is 2. The summed E-state index contributed by atoms with van der Waals surface area (Å²) in [5.74, 6) is 0. The first kappa shape index (κ1) is 13.6. The van der Waals surface area contributed by atoms with Crippen LogP contribution in [-0.2, 0) is 4.74 Å². The molecule has 1 aliphatic heterocycles. The predicted molar refractivity (Wildman–Crippen MR) is 75.9 cm³/mol. The molecule has 100 valence electrons. The third-order valence-corrected chi connectivity index (χ3v) is 3.62. The highest BCUT2D eigenvalue weighted by atomic mass is 16.5. The van der Waals surface area contributed by atoms with Crippen LogP contribution in [0.15, 0.2) is 18.2 Å². The van der Waals surface area contributed by atoms with E-state index in [1.165, 1.54) is 29.5 Å². The maximum atomic E-state index is 5.77. The highest BCUT2D eigenvalue weighted by Crippen LogP contribution is 2.26. The van der Waals surface area contributed by atoms with Gasteiger partial charge in [-0.05, 0) is 45.2 Å². The standard InChI is InChI=1S/C16H25NO/c1-4-17-16(11-15-6-5-7-18-15)14-9-12(2)8-13(3)10-14/h8-10,15-17H,4-7,11H2,1-3H3. The van der Waals surface area contributed by atoms with Gasteiger partial charge in [0.1, 0.15) is 0 Å². The molecule has 0 radical (unpaired) electrons. The Labute approximate surface area is 111 Å². The first-order chi connectivity index (χ1) is 8.69. The lowest BCUT2D eigenvalue weighted by Crippen LogP contribution is -2.25. The highest BCUT2D eigenvalue weighted by molar-refractivity contribution is 5.30. The number of hydrogen-bond donors (Lipinski definition) is 1. The summed E-state index contributed by atoms with van der Waals surface area (Å²) in [5.41, 5.74) is 4.10. The Kier molecular flexibility index (Phi) is 4.79. The number of nitrogens with one attached hydrogen (secondary N) is 1. The summed E-state index contributed by atoms with van der Waals surface area (Å²) < 4.78 is 5.77. The Morgan fingerprint density at radius 1 is 1.28 bits per heavy atom. The molecule has 1 saturated heterocycles. The Morgan fingerprint density at radius 3 is 2.56 bits per heavy atom. The monoisotopic (exact) mass is 247 g/mol. The van der Waals surface area contributed by atoms with Crippen molar-refractivity contribution in [2.75, 3.05) is 13.2 Å². The van der Waals surface area contributed by atoms with Crippen molar-refractivity contribution in [2.45, 2.75) is 52.2 Å². The van der Waals surface area contributed by atoms with Crippen LogP contribution >= 0.6 is 0 Å². The molecular weight excluding hydrogens is 222 g/mol. The van der Waals surface area contributed by atoms with E-state index in [-0.39, 0.29) is 0 Å². The van der Waals surface area contributed by atoms with E-state index in [0.29, 0.717) is 12.1 Å². The molecule has 0 bridgehead atoms. The first-order valence-corrected chi connectivity index (χ1v) is 7.12. The molecule has 1 aromatic rings. The smallest absolute Gasteiger partial charge is 0.0594 e. The molecule has 0 aromatic heterocycles. The maximum absolute atomic E-state index is 5.77. The predicted octanol–water partition coefficient (Wildman–Crippen LogP) is 3.52. The van der Waals surface area contributed by atoms with Crippen molar-refractivity contribution >= 4 is 0 Å². The molecule has 1 aromatic carbocycles. The van der Waals surface area contributed by atoms with Crippen LogP contribution in [0.4, 0.5) is 0 Å². The molecule has 0 spiro atoms. The lowest BCUT2D eigenvalue weighted by atomic mass is 9.96. The minimum atomic E-state index is 0.427. The van der Waals surface area contributed by atoms with Crippen LogP contribution in [0.1, 0.15) is 48.9 Å². The second-order valence-corrected chi connectivity index (χ2v) is 5.40. The third kappa shape index (κ3) is 3.56. The van der Waals surface area contributed by atoms with Gasteiger partial charge in [-0.1, -0.05) is 36.2 Å². The quantitative estimate of drug-likeness (QED) is 0.859. The summed E-state index contributed by atoms with van der Waals surface area (Å²) >= 11 is 0. The first-order valence-electron chi connectivity index (χ1n) is 7.12. The molecule has 2 unspecified atom stereocenters. The van der Waals surface area contributed by atoms with Crippen molar-refractivity contribution in [2.24, 2.45) is 0 Å². The van der Waals surface area contributed by atoms with Gasteiger partial charge in [0.05, 0.1) is 6.10 Å². The number of aryl methyl sites for hydroxylation is 2. The fourth-order valence-corrected chi connectivity index (χ4v) is 2.89. The number of benzene rings is 1. The summed E-state index contributed by atoms with van der Waals surface area (Å²) in [5, 5.41) is 3.60. The molecule has 0 aliphatic carbocycles. The maximum Gasteiger partial charge on any atom is 0.0594 e. The fraction of sp³-hybridized carbons (Fsp3) is 0.625. The van der Waals surface area contributed by atoms with E-state index in [1.54, 1.807) is 0 Å². The Balaban J connectivity index is 2.11. The van der Waals surface area contributed by atoms with Crippen molar-refractivity contribution < 1.29 is 4.74 Å². The van der Waals surface area contributed by atoms with Crippen molar-refractivity contribution in [1.29, 1.82) is 0 Å². The van der Waals surface area contributed by atoms with Gasteiger partial charge < -0.3 is 10.1 Å². The molecular formula is C16H25NO. The van der Waals surface area contributed by atoms with E-state index in [4.69, 9.17) is 4.74 Å². The van der Waals surface area contributed by atoms with Crippen LogP contribution in [0.3, 0.4) is 0 Å². The summed E-state index contributed by atoms with van der Waals surface area (Å²) in [6.45, 7) is 8.46. The molecule has 2 nitrogen and oxygen atoms in total. The molecule has 2 rings (SSSR count). The normalized spacial score (nSPS) is 21.2. The average Bonchev–Trinajstić information content (AvgIpc) is 2.80. The van der Waals surface area contributed by atoms with Gasteiger partial charge in [0.15, 0.2) is 0 Å². The van der Waals surface area contributed by atoms with Crippen molar-refractivity contribution in [3.8, 4) is 0 Å². The highest BCUT2D eigenvalue weighted by Gasteiger charge is 2.21. The van der Waals surface area contributed by atoms with Gasteiger partial charge in [-0.25, -0.2) is 0 Å². The van der Waals surface area contributed by atoms with E-state index in [9.17, 15) is 0 Å². The zero-order valence-corrected chi connectivity index (χ0v) is 11.8. The van der Waals surface area contributed by atoms with Gasteiger partial charge in [0, 0.05) is 12.6 Å². The van der Waals surface area contributed by atoms with Crippen LogP contribution in [-0.4, -0.2) is 19.3 Å². The molecule has 0 amide bonds. The minimum Gasteiger partial charge on any atom is -0.378 e. The topological polar surface area (TPSA) is 21.3 Å². The third-order valence-electron chi connectivity index (χ3n) is 3.62. The Hall–Kier alpha value is -0.860. The molecule has 1 fully saturated rings. The summed E-state index contributed by atoms with van der Waals surface area (Å²) in [4.78, 5) is 0. The SMILES string of the molecule is CCNC(CC1CCCO1)c1cc(C)cc(C)c1. The van der Waals surface area contributed by atoms with Crippen LogP contribution in [0.2, 0.25) is 0 Å². The molecule has 1 heterocycles. The van der Waals surface area contributed by atoms with Gasteiger partial charge in [0.2, 0.25) is 0 Å². The average molecular weight is 247 g/mol. The summed E-state index contributed by atoms with van der Waals surface area (Å²) in [7, 11) is 0. The van der Waals surface area contributed by atoms with Gasteiger partial charge in [0.25, 0.3) is 0 Å². The number of rotatable bonds is 5. The van der Waals surface area contributed by atoms with E-state index < -0.39 is 0 Å². The van der Waals surface area contributed by atoms with Crippen molar-refractivity contribution in [3.05, 3.63) is 34.9 Å². The largest absolute Gasteiger partial charge is 0.378 e. The van der Waals surface area contributed by atoms with Gasteiger partial charge >= 0.3 is 0 Å². The van der Waals surface area contributed by atoms with Gasteiger partial charge in [-0.15, -0.1) is 0 Å². The molecule has 1 aliphatic rings. The molecule has 2 heteroatoms. The zero-order valence-electron chi connectivity index (χ0n) is 11.8. The van der Waals surface area contributed by atoms with Gasteiger partial charge in [-0.2, -0.15) is 0 Å². The van der Waals surface area contributed by atoms with Crippen LogP contribution < -0.4 is 5.32 Å². The van der Waals surface area contributed by atoms with E-state index in [2.05, 4.69) is 44.3 Å². The fourth-order valence-electron chi connectivity index (χ4n) is 2.89. The molecule has 0 saturated carbocycles. The van der Waals surface area contributed by atoms with Crippen LogP contribution in [0.5, 0.6) is 0 Å². The Morgan fingerprint density at radius 2 is 2.00 bits per heavy atom. The van der Waals surface area contributed by atoms with Crippen molar-refractivity contribution in [1.82, 2.24) is 5.32 Å². The van der Waals surface area contributed by atoms with Crippen molar-refractivity contribution in [3.63, 3.8) is 0 Å². The van der Waals surface area contributed by atoms with Gasteiger partial charge in [-0.3, -0.25) is 0 Å². The Bertz CT molecular complexity index is 362. The zero-order chi connectivity index (χ0) is 13.0. The molecule has 1 N–H and O–H groups in total. The lowest BCUT2D eigenvalue weighted by molar-refractivity contribution is 0.0947. The summed E-state index contributed by atoms with van der Waals surface area (Å²) in [6.07, 6.45) is 3.97. The molecule has 18 heavy (non-hydrogen) atoms. The second-order valence-electron chi connectivity index (χ2n) is 5.40. The van der Waals surface area contributed by atoms with Crippen LogP contribution in [0.25, 0.3) is 0 Å². The summed E-state index contributed by atoms with van der Waals surface area (Å²) in [6, 6.07) is 7.26. The second kappa shape index (κ2) is 6.35. The van der Waals surface area contributed by atoms with E-state index in [1.807, 2.05) is 0 Å². The minimum absolute atomic E-state index is 0.427. The van der Waals surface area contributed by atoms with E-state index in [0.717, 1.165) is 19.6 Å². The van der Waals surface area contributed by atoms with E-state index >= 15 is 0 Å². The molecule has 2 atom stereocenters. The number of ether oxygens (including phenoxy) is 1. The lowest BCUT2D eigenvalue weighted by Gasteiger charge is -2.22. The van der Waals surface area contributed by atoms with Crippen LogP contribution in [0, 0.1) is 13.8 Å².